The van der Waals surface area contributed by atoms with Crippen molar-refractivity contribution in [3.8, 4) is 0 Å². The van der Waals surface area contributed by atoms with Crippen LogP contribution in [0.4, 0.5) is 5.69 Å². The van der Waals surface area contributed by atoms with Gasteiger partial charge in [0.2, 0.25) is 0 Å². The number of rotatable bonds is 8. The Bertz CT molecular complexity index is 744. The average Bonchev–Trinajstić information content (AvgIpc) is 2.91. The quantitative estimate of drug-likeness (QED) is 0.739. The van der Waals surface area contributed by atoms with Crippen molar-refractivity contribution in [2.75, 3.05) is 32.2 Å². The van der Waals surface area contributed by atoms with Crippen LogP contribution < -0.4 is 10.3 Å². The van der Waals surface area contributed by atoms with E-state index < -0.39 is 5.41 Å². The molecule has 2 aromatic carbocycles. The Balaban J connectivity index is 2.04. The first-order valence-electron chi connectivity index (χ1n) is 9.50. The van der Waals surface area contributed by atoms with E-state index in [1.165, 1.54) is 0 Å². The maximum Gasteiger partial charge on any atom is 0.256 e. The van der Waals surface area contributed by atoms with E-state index in [0.29, 0.717) is 0 Å². The molecular formula is C22H29N3O. The molecule has 0 radical (unpaired) electrons. The van der Waals surface area contributed by atoms with Crippen LogP contribution in [0.15, 0.2) is 54.6 Å². The molecule has 138 valence electrons. The van der Waals surface area contributed by atoms with Gasteiger partial charge in [0, 0.05) is 14.1 Å². The van der Waals surface area contributed by atoms with Crippen molar-refractivity contribution >= 4 is 11.6 Å². The molecule has 0 unspecified atom stereocenters. The summed E-state index contributed by atoms with van der Waals surface area (Å²) < 4.78 is 0. The van der Waals surface area contributed by atoms with E-state index >= 15 is 0 Å². The summed E-state index contributed by atoms with van der Waals surface area (Å²) >= 11 is 0. The predicted molar refractivity (Wildman–Crippen MR) is 107 cm³/mol. The molecule has 4 heteroatoms. The molecule has 0 spiro atoms. The first kappa shape index (κ1) is 18.6. The Morgan fingerprint density at radius 3 is 2.38 bits per heavy atom. The number of hydrogen-bond acceptors (Lipinski definition) is 3. The summed E-state index contributed by atoms with van der Waals surface area (Å²) in [6.45, 7) is 4.10. The first-order valence-corrected chi connectivity index (χ1v) is 9.50. The largest absolute Gasteiger partial charge is 0.317 e. The molecule has 0 saturated carbocycles. The van der Waals surface area contributed by atoms with Crippen molar-refractivity contribution in [1.82, 2.24) is 10.3 Å². The lowest BCUT2D eigenvalue weighted by molar-refractivity contribution is -0.124. The fourth-order valence-electron chi connectivity index (χ4n) is 4.03. The van der Waals surface area contributed by atoms with Crippen LogP contribution >= 0.6 is 0 Å². The van der Waals surface area contributed by atoms with Crippen molar-refractivity contribution in [3.05, 3.63) is 65.7 Å². The summed E-state index contributed by atoms with van der Waals surface area (Å²) in [4.78, 5) is 13.7. The van der Waals surface area contributed by atoms with Gasteiger partial charge < -0.3 is 5.32 Å². The summed E-state index contributed by atoms with van der Waals surface area (Å²) in [5, 5.41) is 7.10. The summed E-state index contributed by atoms with van der Waals surface area (Å²) in [5.41, 5.74) is 2.60. The lowest BCUT2D eigenvalue weighted by Crippen LogP contribution is -2.47. The molecule has 0 bridgehead atoms. The number of nitrogens with one attached hydrogen (secondary N) is 1. The fraction of sp³-hybridized carbons (Fsp3) is 0.409. The third-order valence-corrected chi connectivity index (χ3v) is 5.22. The predicted octanol–water partition coefficient (Wildman–Crippen LogP) is 3.58. The first-order chi connectivity index (χ1) is 12.6. The minimum Gasteiger partial charge on any atom is -0.317 e. The van der Waals surface area contributed by atoms with Gasteiger partial charge in [0.05, 0.1) is 5.69 Å². The molecular weight excluding hydrogens is 322 g/mol. The van der Waals surface area contributed by atoms with E-state index in [-0.39, 0.29) is 5.91 Å². The number of hydrogen-bond donors (Lipinski definition) is 1. The number of fused-ring (bicyclic) bond motifs is 1. The molecule has 3 rings (SSSR count). The number of hydrazine groups is 1. The third-order valence-electron chi connectivity index (χ3n) is 5.22. The SMILES string of the molecule is CCNCCCC[C@]1(c2ccccc2)C(=O)N(N(C)C)c2ccccc21. The number of carbonyl (C=O) groups excluding carboxylic acids is 1. The Kier molecular flexibility index (Phi) is 5.74. The van der Waals surface area contributed by atoms with E-state index in [2.05, 4.69) is 36.5 Å². The zero-order chi connectivity index (χ0) is 18.6. The molecule has 4 nitrogen and oxygen atoms in total. The van der Waals surface area contributed by atoms with E-state index in [1.54, 1.807) is 0 Å². The molecule has 0 aromatic heterocycles. The van der Waals surface area contributed by atoms with E-state index in [9.17, 15) is 4.79 Å². The average molecular weight is 351 g/mol. The standard InChI is InChI=1S/C22H29N3O/c1-4-23-17-11-10-16-22(18-12-6-5-7-13-18)19-14-8-9-15-20(19)25(21(22)26)24(2)3/h5-9,12-15,23H,4,10-11,16-17H2,1-3H3/t22-/m1/s1. The van der Waals surface area contributed by atoms with Crippen molar-refractivity contribution in [1.29, 1.82) is 0 Å². The summed E-state index contributed by atoms with van der Waals surface area (Å²) in [5.74, 6) is 0.151. The van der Waals surface area contributed by atoms with Gasteiger partial charge in [-0.2, -0.15) is 0 Å². The van der Waals surface area contributed by atoms with Crippen LogP contribution in [0.3, 0.4) is 0 Å². The molecule has 0 saturated heterocycles. The normalized spacial score (nSPS) is 19.2. The highest BCUT2D eigenvalue weighted by Gasteiger charge is 2.52. The van der Waals surface area contributed by atoms with Crippen molar-refractivity contribution in [2.45, 2.75) is 31.6 Å². The second-order valence-corrected chi connectivity index (χ2v) is 7.06. The van der Waals surface area contributed by atoms with Crippen LogP contribution in [-0.4, -0.2) is 38.1 Å². The Morgan fingerprint density at radius 2 is 1.69 bits per heavy atom. The van der Waals surface area contributed by atoms with Crippen LogP contribution in [0, 0.1) is 0 Å². The molecule has 1 aliphatic rings. The van der Waals surface area contributed by atoms with E-state index in [0.717, 1.165) is 49.2 Å². The molecule has 0 fully saturated rings. The molecule has 1 amide bonds. The van der Waals surface area contributed by atoms with Crippen LogP contribution in [-0.2, 0) is 10.2 Å². The zero-order valence-corrected chi connectivity index (χ0v) is 16.0. The van der Waals surface area contributed by atoms with Gasteiger partial charge in [-0.3, -0.25) is 4.79 Å². The minimum absolute atomic E-state index is 0.151. The molecule has 26 heavy (non-hydrogen) atoms. The molecule has 1 aliphatic heterocycles. The molecule has 1 heterocycles. The number of carbonyl (C=O) groups is 1. The minimum atomic E-state index is -0.603. The molecule has 1 atom stereocenters. The van der Waals surface area contributed by atoms with Gasteiger partial charge in [-0.05, 0) is 43.1 Å². The van der Waals surface area contributed by atoms with Gasteiger partial charge >= 0.3 is 0 Å². The smallest absolute Gasteiger partial charge is 0.256 e. The lowest BCUT2D eigenvalue weighted by atomic mass is 9.72. The molecule has 2 aromatic rings. The summed E-state index contributed by atoms with van der Waals surface area (Å²) in [6, 6.07) is 18.5. The number of nitrogens with zero attached hydrogens (tertiary/aromatic N) is 2. The van der Waals surface area contributed by atoms with E-state index in [4.69, 9.17) is 0 Å². The Hall–Kier alpha value is -2.17. The summed E-state index contributed by atoms with van der Waals surface area (Å²) in [7, 11) is 3.86. The van der Waals surface area contributed by atoms with Crippen LogP contribution in [0.1, 0.15) is 37.3 Å². The molecule has 1 N–H and O–H groups in total. The second kappa shape index (κ2) is 8.02. The highest BCUT2D eigenvalue weighted by atomic mass is 16.2. The number of benzene rings is 2. The number of anilines is 1. The summed E-state index contributed by atoms with van der Waals surface area (Å²) in [6.07, 6.45) is 2.89. The van der Waals surface area contributed by atoms with Gasteiger partial charge in [-0.25, -0.2) is 10.0 Å². The van der Waals surface area contributed by atoms with Gasteiger partial charge in [0.1, 0.15) is 5.41 Å². The zero-order valence-electron chi connectivity index (χ0n) is 16.0. The van der Waals surface area contributed by atoms with Crippen molar-refractivity contribution < 1.29 is 4.79 Å². The van der Waals surface area contributed by atoms with Crippen LogP contribution in [0.5, 0.6) is 0 Å². The third kappa shape index (κ3) is 3.15. The second-order valence-electron chi connectivity index (χ2n) is 7.06. The van der Waals surface area contributed by atoms with Gasteiger partial charge in [-0.15, -0.1) is 0 Å². The number of amides is 1. The van der Waals surface area contributed by atoms with Crippen LogP contribution in [0.2, 0.25) is 0 Å². The van der Waals surface area contributed by atoms with Crippen molar-refractivity contribution in [3.63, 3.8) is 0 Å². The Labute approximate surface area is 156 Å². The van der Waals surface area contributed by atoms with Crippen LogP contribution in [0.25, 0.3) is 0 Å². The monoisotopic (exact) mass is 351 g/mol. The lowest BCUT2D eigenvalue weighted by Gasteiger charge is -2.31. The Morgan fingerprint density at radius 1 is 1.00 bits per heavy atom. The van der Waals surface area contributed by atoms with Gasteiger partial charge in [0.15, 0.2) is 0 Å². The van der Waals surface area contributed by atoms with Gasteiger partial charge in [0.25, 0.3) is 5.91 Å². The highest BCUT2D eigenvalue weighted by molar-refractivity contribution is 6.09. The maximum atomic E-state index is 13.7. The number of para-hydroxylation sites is 1. The highest BCUT2D eigenvalue weighted by Crippen LogP contribution is 2.49. The van der Waals surface area contributed by atoms with Crippen molar-refractivity contribution in [2.24, 2.45) is 0 Å². The van der Waals surface area contributed by atoms with E-state index in [1.807, 2.05) is 54.4 Å². The maximum absolute atomic E-state index is 13.7. The number of unbranched alkanes of at least 4 members (excludes halogenated alkanes) is 1. The topological polar surface area (TPSA) is 35.6 Å². The fourth-order valence-corrected chi connectivity index (χ4v) is 4.03. The van der Waals surface area contributed by atoms with Gasteiger partial charge in [-0.1, -0.05) is 61.9 Å². The molecule has 0 aliphatic carbocycles.